The average molecular weight is 712 g/mol. The SMILES string of the molecule is CC1(C)CC(C)(C)C2CC(P(=NC34CC5CC(CC(C5)C3)C4)(c3ccccc3)c3ccccc3)CC21.[CH3-].[Cl][Zr]([Cl])[Cl]. The van der Waals surface area contributed by atoms with Crippen LogP contribution in [0, 0.1) is 47.8 Å². The van der Waals surface area contributed by atoms with Crippen molar-refractivity contribution < 1.29 is 18.2 Å². The average Bonchev–Trinajstić information content (AvgIpc) is 3.41. The molecule has 6 aliphatic carbocycles. The molecule has 6 heteroatoms. The van der Waals surface area contributed by atoms with E-state index in [1.54, 1.807) is 10.6 Å². The number of rotatable bonds is 4. The predicted octanol–water partition coefficient (Wildman–Crippen LogP) is 11.2. The number of hydrogen-bond donors (Lipinski definition) is 0. The third-order valence-electron chi connectivity index (χ3n) is 11.7. The molecule has 0 saturated heterocycles. The molecule has 8 rings (SSSR count). The van der Waals surface area contributed by atoms with Crippen LogP contribution in [-0.2, 0) is 18.2 Å². The summed E-state index contributed by atoms with van der Waals surface area (Å²) in [5, 5.41) is 3.13. The first-order valence-corrected chi connectivity index (χ1v) is 26.8. The molecule has 6 saturated carbocycles. The van der Waals surface area contributed by atoms with E-state index in [1.807, 2.05) is 0 Å². The summed E-state index contributed by atoms with van der Waals surface area (Å²) >= 11 is -2.13. The predicted molar refractivity (Wildman–Crippen MR) is 179 cm³/mol. The van der Waals surface area contributed by atoms with Gasteiger partial charge in [0, 0.05) is 12.7 Å². The van der Waals surface area contributed by atoms with E-state index in [4.69, 9.17) is 30.3 Å². The van der Waals surface area contributed by atoms with E-state index in [0.717, 1.165) is 29.6 Å². The van der Waals surface area contributed by atoms with E-state index in [-0.39, 0.29) is 13.0 Å². The topological polar surface area (TPSA) is 12.4 Å². The Hall–Kier alpha value is 0.423. The molecule has 0 aromatic heterocycles. The molecule has 0 aliphatic heterocycles. The van der Waals surface area contributed by atoms with Gasteiger partial charge in [-0.1, -0.05) is 88.4 Å². The van der Waals surface area contributed by atoms with E-state index >= 15 is 0 Å². The first kappa shape index (κ1) is 32.8. The van der Waals surface area contributed by atoms with Crippen LogP contribution in [0.2, 0.25) is 0 Å². The molecule has 2 aromatic carbocycles. The molecule has 2 unspecified atom stereocenters. The van der Waals surface area contributed by atoms with Crippen LogP contribution < -0.4 is 10.6 Å². The normalized spacial score (nSPS) is 35.6. The summed E-state index contributed by atoms with van der Waals surface area (Å²) in [5.41, 5.74) is 1.79. The molecule has 0 amide bonds. The molecule has 0 N–H and O–H groups in total. The Morgan fingerprint density at radius 2 is 1.02 bits per heavy atom. The van der Waals surface area contributed by atoms with Gasteiger partial charge in [-0.25, -0.2) is 0 Å². The summed E-state index contributed by atoms with van der Waals surface area (Å²) < 4.78 is 6.46. The second kappa shape index (κ2) is 12.3. The Morgan fingerprint density at radius 1 is 0.659 bits per heavy atom. The first-order valence-electron chi connectivity index (χ1n) is 15.5. The fourth-order valence-electron chi connectivity index (χ4n) is 11.1. The van der Waals surface area contributed by atoms with Crippen LogP contribution in [0.4, 0.5) is 0 Å². The minimum atomic E-state index is -2.13. The second-order valence-electron chi connectivity index (χ2n) is 15.3. The Balaban J connectivity index is 0.000000636. The van der Waals surface area contributed by atoms with Gasteiger partial charge in [-0.05, 0) is 109 Å². The Labute approximate surface area is 269 Å². The van der Waals surface area contributed by atoms with Gasteiger partial charge in [0.1, 0.15) is 0 Å². The number of fused-ring (bicyclic) bond motifs is 1. The van der Waals surface area contributed by atoms with Crippen molar-refractivity contribution in [3.8, 4) is 0 Å². The first-order chi connectivity index (χ1) is 18.9. The number of nitrogens with zero attached hydrogens (tertiary/aromatic N) is 1. The van der Waals surface area contributed by atoms with Crippen LogP contribution in [0.5, 0.6) is 0 Å². The molecule has 225 valence electrons. The maximum atomic E-state index is 6.46. The van der Waals surface area contributed by atoms with Crippen LogP contribution in [-0.4, -0.2) is 11.2 Å². The number of hydrogen-bond acceptors (Lipinski definition) is 1. The van der Waals surface area contributed by atoms with Crippen molar-refractivity contribution in [2.24, 2.45) is 45.2 Å². The van der Waals surface area contributed by atoms with E-state index in [9.17, 15) is 0 Å². The summed E-state index contributed by atoms with van der Waals surface area (Å²) in [7, 11) is 13.1. The molecule has 1 nitrogen and oxygen atoms in total. The van der Waals surface area contributed by atoms with Crippen molar-refractivity contribution >= 4 is 43.2 Å². The fourth-order valence-corrected chi connectivity index (χ4v) is 15.8. The Morgan fingerprint density at radius 3 is 1.39 bits per heavy atom. The molecule has 6 aliphatic rings. The van der Waals surface area contributed by atoms with Crippen LogP contribution in [0.25, 0.3) is 0 Å². The summed E-state index contributed by atoms with van der Waals surface area (Å²) in [4.78, 5) is 0. The van der Waals surface area contributed by atoms with Crippen LogP contribution in [0.15, 0.2) is 65.4 Å². The van der Waals surface area contributed by atoms with Crippen LogP contribution >= 0.6 is 32.6 Å². The van der Waals surface area contributed by atoms with Gasteiger partial charge in [-0.3, -0.25) is 4.74 Å². The van der Waals surface area contributed by atoms with Gasteiger partial charge in [0.05, 0.1) is 5.54 Å². The Kier molecular flexibility index (Phi) is 9.85. The number of benzene rings is 2. The zero-order valence-corrected chi connectivity index (χ0v) is 31.3. The maximum absolute atomic E-state index is 6.46. The van der Waals surface area contributed by atoms with Gasteiger partial charge in [0.15, 0.2) is 0 Å². The molecule has 2 aromatic rings. The van der Waals surface area contributed by atoms with Crippen molar-refractivity contribution in [2.45, 2.75) is 96.7 Å². The van der Waals surface area contributed by atoms with Gasteiger partial charge >= 0.3 is 43.7 Å². The van der Waals surface area contributed by atoms with Gasteiger partial charge in [0.2, 0.25) is 0 Å². The van der Waals surface area contributed by atoms with Crippen LogP contribution in [0.1, 0.15) is 85.5 Å². The van der Waals surface area contributed by atoms with Gasteiger partial charge in [-0.15, -0.1) is 0 Å². The molecule has 41 heavy (non-hydrogen) atoms. The minimum absolute atomic E-state index is 0. The molecule has 2 atom stereocenters. The Bertz CT molecular complexity index is 1140. The third kappa shape index (κ3) is 6.29. The second-order valence-corrected chi connectivity index (χ2v) is 29.8. The van der Waals surface area contributed by atoms with E-state index in [0.29, 0.717) is 16.5 Å². The van der Waals surface area contributed by atoms with Crippen LogP contribution in [0.3, 0.4) is 0 Å². The third-order valence-corrected chi connectivity index (χ3v) is 16.0. The van der Waals surface area contributed by atoms with Crippen molar-refractivity contribution in [1.29, 1.82) is 0 Å². The van der Waals surface area contributed by atoms with Gasteiger partial charge < -0.3 is 7.43 Å². The zero-order chi connectivity index (χ0) is 28.3. The molecule has 6 fully saturated rings. The summed E-state index contributed by atoms with van der Waals surface area (Å²) in [6.07, 6.45) is 12.7. The molecule has 0 heterocycles. The van der Waals surface area contributed by atoms with Gasteiger partial charge in [0.25, 0.3) is 0 Å². The number of halogens is 3. The quantitative estimate of drug-likeness (QED) is 0.221. The summed E-state index contributed by atoms with van der Waals surface area (Å²) in [6, 6.07) is 23.5. The van der Waals surface area contributed by atoms with Gasteiger partial charge in [-0.2, -0.15) is 0 Å². The fraction of sp³-hybridized carbons (Fsp3) is 0.629. The molecular weight excluding hydrogens is 663 g/mol. The van der Waals surface area contributed by atoms with Crippen molar-refractivity contribution in [2.75, 3.05) is 0 Å². The summed E-state index contributed by atoms with van der Waals surface area (Å²) in [6.45, 7) is 10.3. The standard InChI is InChI=1S/C34H46NP.CH3.3ClH.Zr/c1-32(2)23-33(3,4)31-19-29(18-30(31)32)36(27-11-7-5-8-12-27,28-13-9-6-10-14-28)35-34-20-24-15-25(21-34)17-26(16-24)22-34;;;;;/h5-14,24-26,29-31H,15-23H2,1-4H3;1H3;3*1H;/q;-1;;;;+3/p-3. The van der Waals surface area contributed by atoms with Crippen molar-refractivity contribution in [3.63, 3.8) is 0 Å². The van der Waals surface area contributed by atoms with Crippen molar-refractivity contribution in [3.05, 3.63) is 68.1 Å². The molecule has 0 spiro atoms. The zero-order valence-electron chi connectivity index (χ0n) is 25.6. The molecule has 4 bridgehead atoms. The van der Waals surface area contributed by atoms with E-state index in [2.05, 4.69) is 88.4 Å². The monoisotopic (exact) mass is 709 g/mol. The molecule has 0 radical (unpaired) electrons. The van der Waals surface area contributed by atoms with E-state index < -0.39 is 25.2 Å². The van der Waals surface area contributed by atoms with E-state index in [1.165, 1.54) is 57.8 Å². The molecular formula is C35H49Cl3NPZr-. The summed E-state index contributed by atoms with van der Waals surface area (Å²) in [5.74, 6) is 4.48. The van der Waals surface area contributed by atoms with Crippen molar-refractivity contribution in [1.82, 2.24) is 0 Å².